The van der Waals surface area contributed by atoms with E-state index in [1.54, 1.807) is 13.0 Å². The monoisotopic (exact) mass is 259 g/mol. The maximum Gasteiger partial charge on any atom is 0.126 e. The van der Waals surface area contributed by atoms with E-state index in [1.165, 1.54) is 25.6 Å². The number of aromatic nitrogens is 2. The zero-order chi connectivity index (χ0) is 13.2. The summed E-state index contributed by atoms with van der Waals surface area (Å²) in [4.78, 5) is 6.83. The molecule has 0 aliphatic carbocycles. The molecule has 3 rings (SSSR count). The van der Waals surface area contributed by atoms with Crippen molar-refractivity contribution < 1.29 is 4.39 Å². The number of rotatable bonds is 4. The van der Waals surface area contributed by atoms with Gasteiger partial charge in [-0.3, -0.25) is 0 Å². The van der Waals surface area contributed by atoms with Gasteiger partial charge in [0.1, 0.15) is 5.82 Å². The Hall–Kier alpha value is -1.68. The molecule has 0 radical (unpaired) electrons. The lowest BCUT2D eigenvalue weighted by molar-refractivity contribution is 0.174. The number of halogens is 1. The molecule has 100 valence electrons. The number of likely N-dealkylation sites (tertiary alicyclic amines) is 1. The van der Waals surface area contributed by atoms with Gasteiger partial charge in [0.25, 0.3) is 0 Å². The maximum atomic E-state index is 13.2. The van der Waals surface area contributed by atoms with Gasteiger partial charge in [-0.15, -0.1) is 0 Å². The van der Waals surface area contributed by atoms with Gasteiger partial charge >= 0.3 is 0 Å². The summed E-state index contributed by atoms with van der Waals surface area (Å²) in [6.45, 7) is 6.27. The van der Waals surface area contributed by atoms with E-state index in [4.69, 9.17) is 0 Å². The predicted octanol–water partition coefficient (Wildman–Crippen LogP) is 2.70. The molecule has 2 aromatic rings. The van der Waals surface area contributed by atoms with Crippen molar-refractivity contribution in [1.82, 2.24) is 14.5 Å². The van der Waals surface area contributed by atoms with Gasteiger partial charge in [0, 0.05) is 24.8 Å². The molecule has 0 N–H and O–H groups in total. The summed E-state index contributed by atoms with van der Waals surface area (Å²) in [5.74, 6) is -0.166. The van der Waals surface area contributed by atoms with E-state index in [1.807, 2.05) is 18.6 Å². The Bertz CT molecular complexity index is 573. The van der Waals surface area contributed by atoms with Crippen molar-refractivity contribution in [3.05, 3.63) is 42.1 Å². The maximum absolute atomic E-state index is 13.2. The molecule has 3 nitrogen and oxygen atoms in total. The summed E-state index contributed by atoms with van der Waals surface area (Å²) < 4.78 is 15.3. The van der Waals surface area contributed by atoms with Crippen LogP contribution in [0.15, 0.2) is 30.7 Å². The van der Waals surface area contributed by atoms with Gasteiger partial charge < -0.3 is 9.47 Å². The molecule has 1 aliphatic heterocycles. The Morgan fingerprint density at radius 1 is 1.26 bits per heavy atom. The van der Waals surface area contributed by atoms with Crippen molar-refractivity contribution in [3.8, 4) is 11.3 Å². The van der Waals surface area contributed by atoms with Crippen LogP contribution >= 0.6 is 0 Å². The Labute approximate surface area is 112 Å². The summed E-state index contributed by atoms with van der Waals surface area (Å²) in [5.41, 5.74) is 2.54. The number of imidazole rings is 1. The summed E-state index contributed by atoms with van der Waals surface area (Å²) in [6.07, 6.45) is 5.21. The van der Waals surface area contributed by atoms with Gasteiger partial charge in [-0.05, 0) is 50.2 Å². The largest absolute Gasteiger partial charge is 0.336 e. The van der Waals surface area contributed by atoms with Crippen LogP contribution < -0.4 is 0 Å². The zero-order valence-electron chi connectivity index (χ0n) is 11.1. The van der Waals surface area contributed by atoms with Crippen LogP contribution in [0, 0.1) is 12.7 Å². The van der Waals surface area contributed by atoms with Crippen LogP contribution in [0.2, 0.25) is 0 Å². The van der Waals surface area contributed by atoms with E-state index in [2.05, 4.69) is 14.5 Å². The minimum atomic E-state index is -0.166. The van der Waals surface area contributed by atoms with Crippen LogP contribution in [0.5, 0.6) is 0 Å². The van der Waals surface area contributed by atoms with Crippen LogP contribution in [0.25, 0.3) is 11.3 Å². The highest BCUT2D eigenvalue weighted by Gasteiger charge is 2.13. The molecule has 19 heavy (non-hydrogen) atoms. The third-order valence-electron chi connectivity index (χ3n) is 3.71. The Morgan fingerprint density at radius 2 is 2.11 bits per heavy atom. The van der Waals surface area contributed by atoms with E-state index in [-0.39, 0.29) is 5.82 Å². The molecule has 2 heterocycles. The van der Waals surface area contributed by atoms with Crippen molar-refractivity contribution in [2.24, 2.45) is 0 Å². The lowest BCUT2D eigenvalue weighted by Gasteiger charge is -2.30. The Balaban J connectivity index is 1.70. The van der Waals surface area contributed by atoms with Gasteiger partial charge in [0.15, 0.2) is 0 Å². The van der Waals surface area contributed by atoms with E-state index in [9.17, 15) is 4.39 Å². The zero-order valence-corrected chi connectivity index (χ0v) is 11.1. The first-order chi connectivity index (χ1) is 9.22. The van der Waals surface area contributed by atoms with Gasteiger partial charge in [-0.25, -0.2) is 9.37 Å². The SMILES string of the molecule is Cc1cc(-c2cn(CCN3CCC3)cn2)ccc1F. The molecule has 1 aromatic carbocycles. The lowest BCUT2D eigenvalue weighted by atomic mass is 10.1. The second kappa shape index (κ2) is 5.13. The highest BCUT2D eigenvalue weighted by atomic mass is 19.1. The topological polar surface area (TPSA) is 21.1 Å². The second-order valence-corrected chi connectivity index (χ2v) is 5.16. The molecule has 0 saturated carbocycles. The molecule has 0 spiro atoms. The van der Waals surface area contributed by atoms with Crippen LogP contribution in [-0.2, 0) is 6.54 Å². The molecule has 1 saturated heterocycles. The van der Waals surface area contributed by atoms with Gasteiger partial charge in [-0.1, -0.05) is 0 Å². The van der Waals surface area contributed by atoms with E-state index >= 15 is 0 Å². The van der Waals surface area contributed by atoms with Crippen molar-refractivity contribution >= 4 is 0 Å². The molecule has 1 aromatic heterocycles. The highest BCUT2D eigenvalue weighted by Crippen LogP contribution is 2.20. The molecule has 0 bridgehead atoms. The van der Waals surface area contributed by atoms with Crippen molar-refractivity contribution in [3.63, 3.8) is 0 Å². The van der Waals surface area contributed by atoms with E-state index < -0.39 is 0 Å². The van der Waals surface area contributed by atoms with Crippen molar-refractivity contribution in [2.75, 3.05) is 19.6 Å². The molecular weight excluding hydrogens is 241 g/mol. The molecule has 1 fully saturated rings. The van der Waals surface area contributed by atoms with Gasteiger partial charge in [0.2, 0.25) is 0 Å². The first-order valence-corrected chi connectivity index (χ1v) is 6.73. The quantitative estimate of drug-likeness (QED) is 0.841. The first kappa shape index (κ1) is 12.4. The minimum Gasteiger partial charge on any atom is -0.336 e. The van der Waals surface area contributed by atoms with Crippen LogP contribution in [0.4, 0.5) is 4.39 Å². The summed E-state index contributed by atoms with van der Waals surface area (Å²) >= 11 is 0. The fourth-order valence-electron chi connectivity index (χ4n) is 2.30. The number of benzene rings is 1. The smallest absolute Gasteiger partial charge is 0.126 e. The minimum absolute atomic E-state index is 0.166. The summed E-state index contributed by atoms with van der Waals surface area (Å²) in [7, 11) is 0. The molecule has 4 heteroatoms. The normalized spacial score (nSPS) is 15.5. The van der Waals surface area contributed by atoms with Gasteiger partial charge in [0.05, 0.1) is 12.0 Å². The third-order valence-corrected chi connectivity index (χ3v) is 3.71. The van der Waals surface area contributed by atoms with E-state index in [0.29, 0.717) is 5.56 Å². The Morgan fingerprint density at radius 3 is 2.79 bits per heavy atom. The first-order valence-electron chi connectivity index (χ1n) is 6.73. The number of hydrogen-bond donors (Lipinski definition) is 0. The number of aryl methyl sites for hydroxylation is 1. The van der Waals surface area contributed by atoms with Crippen LogP contribution in [0.3, 0.4) is 0 Å². The van der Waals surface area contributed by atoms with Crippen LogP contribution in [-0.4, -0.2) is 34.1 Å². The fraction of sp³-hybridized carbons (Fsp3) is 0.400. The van der Waals surface area contributed by atoms with Crippen molar-refractivity contribution in [2.45, 2.75) is 19.9 Å². The third kappa shape index (κ3) is 2.68. The fourth-order valence-corrected chi connectivity index (χ4v) is 2.30. The average molecular weight is 259 g/mol. The average Bonchev–Trinajstić information content (AvgIpc) is 2.79. The summed E-state index contributed by atoms with van der Waals surface area (Å²) in [5, 5.41) is 0. The van der Waals surface area contributed by atoms with Crippen molar-refractivity contribution in [1.29, 1.82) is 0 Å². The predicted molar refractivity (Wildman–Crippen MR) is 73.4 cm³/mol. The lowest BCUT2D eigenvalue weighted by Crippen LogP contribution is -2.39. The molecule has 0 amide bonds. The molecule has 0 unspecified atom stereocenters. The summed E-state index contributed by atoms with van der Waals surface area (Å²) in [6, 6.07) is 5.13. The molecule has 1 aliphatic rings. The number of hydrogen-bond acceptors (Lipinski definition) is 2. The Kier molecular flexibility index (Phi) is 3.34. The number of nitrogens with zero attached hydrogens (tertiary/aromatic N) is 3. The highest BCUT2D eigenvalue weighted by molar-refractivity contribution is 5.59. The second-order valence-electron chi connectivity index (χ2n) is 5.16. The van der Waals surface area contributed by atoms with Gasteiger partial charge in [-0.2, -0.15) is 0 Å². The van der Waals surface area contributed by atoms with E-state index in [0.717, 1.165) is 24.3 Å². The molecule has 0 atom stereocenters. The standard InChI is InChI=1S/C15H18FN3/c1-12-9-13(3-4-14(12)16)15-10-19(11-17-15)8-7-18-5-2-6-18/h3-4,9-11H,2,5-8H2,1H3. The molecular formula is C15H18FN3. The van der Waals surface area contributed by atoms with Crippen LogP contribution in [0.1, 0.15) is 12.0 Å².